The zero-order chi connectivity index (χ0) is 6.69. The Kier molecular flexibility index (Phi) is 2.29. The normalized spacial score (nSPS) is 25.0. The van der Waals surface area contributed by atoms with Crippen LogP contribution in [0.15, 0.2) is 11.1 Å². The highest BCUT2D eigenvalue weighted by Gasteiger charge is 2.11. The van der Waals surface area contributed by atoms with Crippen LogP contribution in [0, 0.1) is 0 Å². The minimum Gasteiger partial charge on any atom is -0.299 e. The van der Waals surface area contributed by atoms with Crippen LogP contribution in [0.3, 0.4) is 0 Å². The molecule has 0 aliphatic heterocycles. The van der Waals surface area contributed by atoms with Crippen LogP contribution >= 0.6 is 11.6 Å². The van der Waals surface area contributed by atoms with Gasteiger partial charge in [-0.3, -0.25) is 4.79 Å². The van der Waals surface area contributed by atoms with Gasteiger partial charge in [-0.1, -0.05) is 17.2 Å². The van der Waals surface area contributed by atoms with Crippen LogP contribution in [0.2, 0.25) is 0 Å². The largest absolute Gasteiger partial charge is 0.299 e. The Hall–Kier alpha value is -0.300. The Bertz CT molecular complexity index is 149. The van der Waals surface area contributed by atoms with Crippen molar-refractivity contribution >= 4 is 17.4 Å². The van der Waals surface area contributed by atoms with E-state index >= 15 is 0 Å². The molecule has 1 fully saturated rings. The van der Waals surface area contributed by atoms with Gasteiger partial charge in [-0.15, -0.1) is 0 Å². The molecule has 0 aromatic rings. The van der Waals surface area contributed by atoms with E-state index < -0.39 is 0 Å². The van der Waals surface area contributed by atoms with Crippen LogP contribution in [-0.2, 0) is 4.79 Å². The summed E-state index contributed by atoms with van der Waals surface area (Å²) in [6, 6.07) is 0. The van der Waals surface area contributed by atoms with Crippen molar-refractivity contribution in [3.05, 3.63) is 11.1 Å². The molecule has 0 heterocycles. The minimum atomic E-state index is 0.327. The van der Waals surface area contributed by atoms with Gasteiger partial charge in [-0.2, -0.15) is 0 Å². The standard InChI is InChI=1S/C7H9ClO/c8-5-6-2-1-3-7(9)4-6/h5H,1-4H2/b6-5-. The molecule has 9 heavy (non-hydrogen) atoms. The van der Waals surface area contributed by atoms with Gasteiger partial charge in [0.25, 0.3) is 0 Å². The zero-order valence-electron chi connectivity index (χ0n) is 5.19. The number of halogens is 1. The molecule has 1 aliphatic rings. The van der Waals surface area contributed by atoms with E-state index in [0.29, 0.717) is 12.2 Å². The molecule has 1 nitrogen and oxygen atoms in total. The predicted molar refractivity (Wildman–Crippen MR) is 37.4 cm³/mol. The lowest BCUT2D eigenvalue weighted by atomic mass is 9.95. The summed E-state index contributed by atoms with van der Waals surface area (Å²) in [4.78, 5) is 10.7. The molecule has 0 aromatic carbocycles. The van der Waals surface area contributed by atoms with E-state index in [2.05, 4.69) is 0 Å². The van der Waals surface area contributed by atoms with Crippen molar-refractivity contribution in [2.45, 2.75) is 25.7 Å². The van der Waals surface area contributed by atoms with Crippen molar-refractivity contribution in [2.24, 2.45) is 0 Å². The van der Waals surface area contributed by atoms with Crippen molar-refractivity contribution < 1.29 is 4.79 Å². The first-order valence-electron chi connectivity index (χ1n) is 3.13. The summed E-state index contributed by atoms with van der Waals surface area (Å²) in [6.07, 6.45) is 3.32. The first-order valence-corrected chi connectivity index (χ1v) is 3.56. The van der Waals surface area contributed by atoms with Crippen molar-refractivity contribution in [3.8, 4) is 0 Å². The van der Waals surface area contributed by atoms with Crippen LogP contribution in [-0.4, -0.2) is 5.78 Å². The quantitative estimate of drug-likeness (QED) is 0.510. The molecular weight excluding hydrogens is 136 g/mol. The molecule has 0 radical (unpaired) electrons. The maximum Gasteiger partial charge on any atom is 0.136 e. The SMILES string of the molecule is O=C1CCC/C(=C/Cl)C1. The van der Waals surface area contributed by atoms with Crippen LogP contribution in [0.25, 0.3) is 0 Å². The highest BCUT2D eigenvalue weighted by atomic mass is 35.5. The molecule has 0 atom stereocenters. The monoisotopic (exact) mass is 144 g/mol. The van der Waals surface area contributed by atoms with E-state index in [0.717, 1.165) is 24.8 Å². The Morgan fingerprint density at radius 3 is 2.67 bits per heavy atom. The van der Waals surface area contributed by atoms with Crippen LogP contribution in [0.1, 0.15) is 25.7 Å². The Balaban J connectivity index is 2.51. The van der Waals surface area contributed by atoms with Gasteiger partial charge in [-0.05, 0) is 12.8 Å². The molecule has 0 bridgehead atoms. The highest BCUT2D eigenvalue weighted by Crippen LogP contribution is 2.20. The number of hydrogen-bond donors (Lipinski definition) is 0. The fraction of sp³-hybridized carbons (Fsp3) is 0.571. The minimum absolute atomic E-state index is 0.327. The fourth-order valence-corrected chi connectivity index (χ4v) is 1.22. The number of Topliss-reactive ketones (excluding diaryl/α,β-unsaturated/α-hetero) is 1. The smallest absolute Gasteiger partial charge is 0.136 e. The first-order chi connectivity index (χ1) is 4.33. The lowest BCUT2D eigenvalue weighted by Crippen LogP contribution is -2.05. The Morgan fingerprint density at radius 1 is 1.44 bits per heavy atom. The molecule has 50 valence electrons. The van der Waals surface area contributed by atoms with Gasteiger partial charge in [0, 0.05) is 18.4 Å². The number of carbonyl (C=O) groups is 1. The van der Waals surface area contributed by atoms with Gasteiger partial charge in [0.1, 0.15) is 5.78 Å². The van der Waals surface area contributed by atoms with Crippen LogP contribution in [0.4, 0.5) is 0 Å². The van der Waals surface area contributed by atoms with E-state index in [9.17, 15) is 4.79 Å². The summed E-state index contributed by atoms with van der Waals surface area (Å²) in [7, 11) is 0. The summed E-state index contributed by atoms with van der Waals surface area (Å²) in [6.45, 7) is 0. The predicted octanol–water partition coefficient (Wildman–Crippen LogP) is 2.25. The number of rotatable bonds is 0. The van der Waals surface area contributed by atoms with E-state index in [1.165, 1.54) is 5.54 Å². The molecule has 1 saturated carbocycles. The zero-order valence-corrected chi connectivity index (χ0v) is 5.95. The summed E-state index contributed by atoms with van der Waals surface area (Å²) in [5.74, 6) is 0.327. The number of allylic oxidation sites excluding steroid dienone is 1. The summed E-state index contributed by atoms with van der Waals surface area (Å²) in [5.41, 5.74) is 2.63. The maximum atomic E-state index is 10.7. The van der Waals surface area contributed by atoms with Crippen molar-refractivity contribution in [3.63, 3.8) is 0 Å². The van der Waals surface area contributed by atoms with E-state index in [4.69, 9.17) is 11.6 Å². The molecule has 0 amide bonds. The average molecular weight is 145 g/mol. The molecule has 2 heteroatoms. The lowest BCUT2D eigenvalue weighted by molar-refractivity contribution is -0.119. The first kappa shape index (κ1) is 6.81. The van der Waals surface area contributed by atoms with Gasteiger partial charge in [-0.25, -0.2) is 0 Å². The third-order valence-electron chi connectivity index (χ3n) is 1.53. The van der Waals surface area contributed by atoms with Crippen LogP contribution in [0.5, 0.6) is 0 Å². The second kappa shape index (κ2) is 3.02. The molecule has 0 saturated heterocycles. The van der Waals surface area contributed by atoms with Crippen LogP contribution < -0.4 is 0 Å². The van der Waals surface area contributed by atoms with Crippen molar-refractivity contribution in [1.82, 2.24) is 0 Å². The number of carbonyl (C=O) groups excluding carboxylic acids is 1. The van der Waals surface area contributed by atoms with Gasteiger partial charge in [0.15, 0.2) is 0 Å². The molecule has 1 rings (SSSR count). The van der Waals surface area contributed by atoms with E-state index in [-0.39, 0.29) is 0 Å². The van der Waals surface area contributed by atoms with Gasteiger partial charge >= 0.3 is 0 Å². The topological polar surface area (TPSA) is 17.1 Å². The Labute approximate surface area is 59.7 Å². The van der Waals surface area contributed by atoms with Gasteiger partial charge in [0.2, 0.25) is 0 Å². The molecule has 0 spiro atoms. The van der Waals surface area contributed by atoms with E-state index in [1.54, 1.807) is 0 Å². The number of hydrogen-bond acceptors (Lipinski definition) is 1. The number of ketones is 1. The molecule has 0 unspecified atom stereocenters. The van der Waals surface area contributed by atoms with Gasteiger partial charge in [0.05, 0.1) is 0 Å². The molecular formula is C7H9ClO. The lowest BCUT2D eigenvalue weighted by Gasteiger charge is -2.10. The summed E-state index contributed by atoms with van der Waals surface area (Å²) >= 11 is 5.43. The van der Waals surface area contributed by atoms with Crippen molar-refractivity contribution in [1.29, 1.82) is 0 Å². The second-order valence-corrected chi connectivity index (χ2v) is 2.55. The molecule has 1 aliphatic carbocycles. The Morgan fingerprint density at radius 2 is 2.22 bits per heavy atom. The van der Waals surface area contributed by atoms with Gasteiger partial charge < -0.3 is 0 Å². The van der Waals surface area contributed by atoms with E-state index in [1.807, 2.05) is 0 Å². The molecule has 0 aromatic heterocycles. The highest BCUT2D eigenvalue weighted by molar-refractivity contribution is 6.25. The fourth-order valence-electron chi connectivity index (χ4n) is 1.04. The maximum absolute atomic E-state index is 10.7. The third-order valence-corrected chi connectivity index (χ3v) is 1.84. The average Bonchev–Trinajstić information content (AvgIpc) is 1.88. The molecule has 0 N–H and O–H groups in total. The second-order valence-electron chi connectivity index (χ2n) is 2.34. The summed E-state index contributed by atoms with van der Waals surface area (Å²) in [5, 5.41) is 0. The third kappa shape index (κ3) is 1.83. The summed E-state index contributed by atoms with van der Waals surface area (Å²) < 4.78 is 0. The van der Waals surface area contributed by atoms with Crippen molar-refractivity contribution in [2.75, 3.05) is 0 Å².